The van der Waals surface area contributed by atoms with Gasteiger partial charge in [-0.15, -0.1) is 0 Å². The van der Waals surface area contributed by atoms with E-state index in [1.54, 1.807) is 0 Å². The highest BCUT2D eigenvalue weighted by Gasteiger charge is 2.29. The summed E-state index contributed by atoms with van der Waals surface area (Å²) in [6.07, 6.45) is 6.45. The maximum atomic E-state index is 5.94. The first kappa shape index (κ1) is 13.9. The molecule has 0 unspecified atom stereocenters. The van der Waals surface area contributed by atoms with Crippen molar-refractivity contribution in [3.05, 3.63) is 29.3 Å². The van der Waals surface area contributed by atoms with Gasteiger partial charge in [0.2, 0.25) is 0 Å². The Balaban J connectivity index is 1.57. The van der Waals surface area contributed by atoms with Crippen LogP contribution in [-0.2, 0) is 13.0 Å². The van der Waals surface area contributed by atoms with Crippen LogP contribution in [0.2, 0.25) is 0 Å². The van der Waals surface area contributed by atoms with Gasteiger partial charge < -0.3 is 10.1 Å². The van der Waals surface area contributed by atoms with E-state index in [0.717, 1.165) is 24.6 Å². The number of fused-ring (bicyclic) bond motifs is 1. The van der Waals surface area contributed by atoms with E-state index >= 15 is 0 Å². The molecule has 0 aromatic heterocycles. The maximum absolute atomic E-state index is 5.94. The molecule has 1 saturated carbocycles. The molecule has 0 spiro atoms. The van der Waals surface area contributed by atoms with E-state index in [-0.39, 0.29) is 5.60 Å². The molecule has 2 aliphatic rings. The van der Waals surface area contributed by atoms with Crippen molar-refractivity contribution in [1.29, 1.82) is 0 Å². The van der Waals surface area contributed by atoms with Gasteiger partial charge in [0, 0.05) is 19.0 Å². The molecule has 0 radical (unpaired) electrons. The molecule has 2 heteroatoms. The lowest BCUT2D eigenvalue weighted by atomic mass is 9.87. The fourth-order valence-electron chi connectivity index (χ4n) is 3.50. The fourth-order valence-corrected chi connectivity index (χ4v) is 3.50. The van der Waals surface area contributed by atoms with E-state index in [4.69, 9.17) is 4.74 Å². The van der Waals surface area contributed by atoms with E-state index in [9.17, 15) is 0 Å². The zero-order chi connectivity index (χ0) is 14.2. The average molecular weight is 273 g/mol. The van der Waals surface area contributed by atoms with E-state index in [1.165, 1.54) is 36.8 Å². The lowest BCUT2D eigenvalue weighted by Gasteiger charge is -2.27. The molecule has 1 fully saturated rings. The second-order valence-electron chi connectivity index (χ2n) is 7.32. The van der Waals surface area contributed by atoms with Gasteiger partial charge in [0.15, 0.2) is 0 Å². The third kappa shape index (κ3) is 3.17. The standard InChI is InChI=1S/C18H27NO/c1-13-4-7-16(8-5-13)19-12-14-6-9-17-15(10-14)11-18(2,3)20-17/h6,9-10,13,16,19H,4-5,7-8,11-12H2,1-3H3. The summed E-state index contributed by atoms with van der Waals surface area (Å²) in [7, 11) is 0. The van der Waals surface area contributed by atoms with Gasteiger partial charge in [0.05, 0.1) is 0 Å². The summed E-state index contributed by atoms with van der Waals surface area (Å²) < 4.78 is 5.94. The predicted molar refractivity (Wildman–Crippen MR) is 83.1 cm³/mol. The van der Waals surface area contributed by atoms with E-state index < -0.39 is 0 Å². The first-order valence-corrected chi connectivity index (χ1v) is 8.06. The Labute approximate surface area is 122 Å². The number of benzene rings is 1. The van der Waals surface area contributed by atoms with E-state index in [2.05, 4.69) is 44.3 Å². The van der Waals surface area contributed by atoms with Crippen LogP contribution in [0.15, 0.2) is 18.2 Å². The smallest absolute Gasteiger partial charge is 0.123 e. The summed E-state index contributed by atoms with van der Waals surface area (Å²) in [4.78, 5) is 0. The van der Waals surface area contributed by atoms with E-state index in [0.29, 0.717) is 6.04 Å². The molecule has 0 atom stereocenters. The largest absolute Gasteiger partial charge is 0.487 e. The molecule has 3 rings (SSSR count). The molecule has 1 aromatic rings. The van der Waals surface area contributed by atoms with Crippen LogP contribution in [0.25, 0.3) is 0 Å². The van der Waals surface area contributed by atoms with Crippen molar-refractivity contribution in [3.8, 4) is 5.75 Å². The molecule has 1 aliphatic heterocycles. The summed E-state index contributed by atoms with van der Waals surface area (Å²) in [6.45, 7) is 7.69. The summed E-state index contributed by atoms with van der Waals surface area (Å²) in [6, 6.07) is 7.39. The van der Waals surface area contributed by atoms with Crippen molar-refractivity contribution in [1.82, 2.24) is 5.32 Å². The van der Waals surface area contributed by atoms with Crippen LogP contribution >= 0.6 is 0 Å². The third-order valence-electron chi connectivity index (χ3n) is 4.74. The Kier molecular flexibility index (Phi) is 3.76. The molecular formula is C18H27NO. The van der Waals surface area contributed by atoms with Gasteiger partial charge in [-0.25, -0.2) is 0 Å². The molecule has 1 N–H and O–H groups in total. The summed E-state index contributed by atoms with van der Waals surface area (Å²) in [5.41, 5.74) is 2.73. The second-order valence-corrected chi connectivity index (χ2v) is 7.32. The van der Waals surface area contributed by atoms with Gasteiger partial charge in [-0.3, -0.25) is 0 Å². The highest BCUT2D eigenvalue weighted by Crippen LogP contribution is 2.35. The Hall–Kier alpha value is -1.02. The number of ether oxygens (including phenoxy) is 1. The predicted octanol–water partition coefficient (Wildman–Crippen LogP) is 4.07. The number of hydrogen-bond donors (Lipinski definition) is 1. The maximum Gasteiger partial charge on any atom is 0.123 e. The third-order valence-corrected chi connectivity index (χ3v) is 4.74. The Bertz CT molecular complexity index is 472. The number of hydrogen-bond acceptors (Lipinski definition) is 2. The van der Waals surface area contributed by atoms with Gasteiger partial charge in [-0.2, -0.15) is 0 Å². The lowest BCUT2D eigenvalue weighted by molar-refractivity contribution is 0.138. The minimum absolute atomic E-state index is 0.0338. The molecule has 1 heterocycles. The minimum Gasteiger partial charge on any atom is -0.487 e. The molecule has 110 valence electrons. The van der Waals surface area contributed by atoms with Crippen molar-refractivity contribution in [2.75, 3.05) is 0 Å². The average Bonchev–Trinajstić information content (AvgIpc) is 2.71. The molecule has 0 bridgehead atoms. The molecule has 0 saturated heterocycles. The van der Waals surface area contributed by atoms with Gasteiger partial charge in [-0.05, 0) is 62.6 Å². The molecular weight excluding hydrogens is 246 g/mol. The number of nitrogens with one attached hydrogen (secondary N) is 1. The van der Waals surface area contributed by atoms with Crippen LogP contribution in [0.5, 0.6) is 5.75 Å². The van der Waals surface area contributed by atoms with Gasteiger partial charge in [0.1, 0.15) is 11.4 Å². The van der Waals surface area contributed by atoms with Crippen LogP contribution in [-0.4, -0.2) is 11.6 Å². The molecule has 0 amide bonds. The highest BCUT2D eigenvalue weighted by molar-refractivity contribution is 5.41. The number of rotatable bonds is 3. The molecule has 1 aliphatic carbocycles. The van der Waals surface area contributed by atoms with Crippen molar-refractivity contribution < 1.29 is 4.74 Å². The van der Waals surface area contributed by atoms with Gasteiger partial charge >= 0.3 is 0 Å². The van der Waals surface area contributed by atoms with E-state index in [1.807, 2.05) is 0 Å². The van der Waals surface area contributed by atoms with Crippen LogP contribution in [0.4, 0.5) is 0 Å². The molecule has 2 nitrogen and oxygen atoms in total. The van der Waals surface area contributed by atoms with Crippen LogP contribution in [0.1, 0.15) is 57.6 Å². The van der Waals surface area contributed by atoms with Crippen molar-refractivity contribution in [2.45, 2.75) is 71.1 Å². The Morgan fingerprint density at radius 2 is 1.95 bits per heavy atom. The molecule has 1 aromatic carbocycles. The Morgan fingerprint density at radius 1 is 1.20 bits per heavy atom. The van der Waals surface area contributed by atoms with Crippen LogP contribution in [0, 0.1) is 5.92 Å². The van der Waals surface area contributed by atoms with Crippen molar-refractivity contribution in [2.24, 2.45) is 5.92 Å². The van der Waals surface area contributed by atoms with Crippen LogP contribution < -0.4 is 10.1 Å². The fraction of sp³-hybridized carbons (Fsp3) is 0.667. The minimum atomic E-state index is -0.0338. The summed E-state index contributed by atoms with van der Waals surface area (Å²) in [5, 5.41) is 3.73. The van der Waals surface area contributed by atoms with Gasteiger partial charge in [0.25, 0.3) is 0 Å². The van der Waals surface area contributed by atoms with Crippen molar-refractivity contribution >= 4 is 0 Å². The monoisotopic (exact) mass is 273 g/mol. The quantitative estimate of drug-likeness (QED) is 0.896. The van der Waals surface area contributed by atoms with Crippen LogP contribution in [0.3, 0.4) is 0 Å². The highest BCUT2D eigenvalue weighted by atomic mass is 16.5. The SMILES string of the molecule is CC1CCC(NCc2ccc3c(c2)CC(C)(C)O3)CC1. The zero-order valence-corrected chi connectivity index (χ0v) is 13.0. The zero-order valence-electron chi connectivity index (χ0n) is 13.0. The summed E-state index contributed by atoms with van der Waals surface area (Å²) >= 11 is 0. The topological polar surface area (TPSA) is 21.3 Å². The Morgan fingerprint density at radius 3 is 2.70 bits per heavy atom. The first-order chi connectivity index (χ1) is 9.52. The second kappa shape index (κ2) is 5.40. The van der Waals surface area contributed by atoms with Crippen molar-refractivity contribution in [3.63, 3.8) is 0 Å². The molecule has 20 heavy (non-hydrogen) atoms. The normalized spacial score (nSPS) is 27.9. The lowest BCUT2D eigenvalue weighted by Crippen LogP contribution is -2.32. The van der Waals surface area contributed by atoms with Gasteiger partial charge in [-0.1, -0.05) is 19.1 Å². The first-order valence-electron chi connectivity index (χ1n) is 8.06. The summed E-state index contributed by atoms with van der Waals surface area (Å²) in [5.74, 6) is 2.00.